The SMILES string of the molecule is c1ccc2c(c1)Cc1ccccc1S2=C1CCNCC1. The van der Waals surface area contributed by atoms with E-state index in [0.29, 0.717) is 0 Å². The van der Waals surface area contributed by atoms with Crippen molar-refractivity contribution < 1.29 is 0 Å². The van der Waals surface area contributed by atoms with Crippen molar-refractivity contribution in [3.8, 4) is 0 Å². The fourth-order valence-electron chi connectivity index (χ4n) is 3.24. The predicted octanol–water partition coefficient (Wildman–Crippen LogP) is 3.83. The van der Waals surface area contributed by atoms with Crippen molar-refractivity contribution in [2.75, 3.05) is 13.1 Å². The molecule has 1 N–H and O–H groups in total. The van der Waals surface area contributed by atoms with Gasteiger partial charge in [-0.05, 0) is 60.5 Å². The molecule has 0 saturated carbocycles. The van der Waals surface area contributed by atoms with Gasteiger partial charge >= 0.3 is 0 Å². The van der Waals surface area contributed by atoms with Crippen LogP contribution in [0.2, 0.25) is 0 Å². The summed E-state index contributed by atoms with van der Waals surface area (Å²) in [6, 6.07) is 18.1. The molecular weight excluding hydrogens is 262 g/mol. The maximum absolute atomic E-state index is 3.49. The summed E-state index contributed by atoms with van der Waals surface area (Å²) in [6.45, 7) is 2.28. The second kappa shape index (κ2) is 5.19. The van der Waals surface area contributed by atoms with Crippen LogP contribution in [0.25, 0.3) is 0 Å². The van der Waals surface area contributed by atoms with Crippen molar-refractivity contribution >= 4 is 15.3 Å². The summed E-state index contributed by atoms with van der Waals surface area (Å²) in [5, 5.41) is 3.49. The molecule has 1 saturated heterocycles. The Morgan fingerprint density at radius 2 is 1.30 bits per heavy atom. The Morgan fingerprint density at radius 3 is 1.90 bits per heavy atom. The molecule has 0 amide bonds. The molecule has 2 aromatic carbocycles. The van der Waals surface area contributed by atoms with Crippen LogP contribution in [0.4, 0.5) is 0 Å². The number of fused-ring (bicyclic) bond motifs is 2. The Morgan fingerprint density at radius 1 is 0.750 bits per heavy atom. The molecule has 0 radical (unpaired) electrons. The van der Waals surface area contributed by atoms with Crippen LogP contribution in [0.15, 0.2) is 58.3 Å². The highest BCUT2D eigenvalue weighted by atomic mass is 32.2. The van der Waals surface area contributed by atoms with Crippen molar-refractivity contribution in [1.82, 2.24) is 5.32 Å². The Balaban J connectivity index is 1.97. The summed E-state index contributed by atoms with van der Waals surface area (Å²) >= 11 is 0. The van der Waals surface area contributed by atoms with Crippen LogP contribution < -0.4 is 5.32 Å². The lowest BCUT2D eigenvalue weighted by molar-refractivity contribution is 0.678. The minimum absolute atomic E-state index is 0.196. The molecule has 102 valence electrons. The first-order valence-corrected chi connectivity index (χ1v) is 8.61. The molecule has 2 heterocycles. The lowest BCUT2D eigenvalue weighted by Crippen LogP contribution is -2.28. The number of benzene rings is 2. The molecule has 0 aromatic heterocycles. The average Bonchev–Trinajstić information content (AvgIpc) is 2.53. The molecule has 0 atom stereocenters. The average molecular weight is 281 g/mol. The van der Waals surface area contributed by atoms with E-state index in [1.54, 1.807) is 14.7 Å². The molecule has 20 heavy (non-hydrogen) atoms. The van der Waals surface area contributed by atoms with Gasteiger partial charge in [0.1, 0.15) is 0 Å². The van der Waals surface area contributed by atoms with Crippen LogP contribution in [-0.2, 0) is 6.42 Å². The zero-order valence-electron chi connectivity index (χ0n) is 11.6. The van der Waals surface area contributed by atoms with E-state index in [1.165, 1.54) is 24.0 Å². The minimum atomic E-state index is 0.196. The van der Waals surface area contributed by atoms with Crippen molar-refractivity contribution in [1.29, 1.82) is 0 Å². The summed E-state index contributed by atoms with van der Waals surface area (Å²) in [4.78, 5) is 4.88. The Labute approximate surface area is 123 Å². The monoisotopic (exact) mass is 281 g/mol. The summed E-state index contributed by atoms with van der Waals surface area (Å²) < 4.78 is 0. The summed E-state index contributed by atoms with van der Waals surface area (Å²) in [6.07, 6.45) is 3.55. The number of piperidine rings is 1. The summed E-state index contributed by atoms with van der Waals surface area (Å²) in [5.41, 5.74) is 3.06. The van der Waals surface area contributed by atoms with Crippen molar-refractivity contribution in [2.45, 2.75) is 29.1 Å². The molecule has 1 fully saturated rings. The quantitative estimate of drug-likeness (QED) is 0.617. The van der Waals surface area contributed by atoms with Gasteiger partial charge in [0.15, 0.2) is 0 Å². The molecule has 0 bridgehead atoms. The molecule has 2 aliphatic heterocycles. The van der Waals surface area contributed by atoms with Crippen LogP contribution in [-0.4, -0.2) is 18.0 Å². The number of hydrogen-bond donors (Lipinski definition) is 1. The fraction of sp³-hybridized carbons (Fsp3) is 0.278. The topological polar surface area (TPSA) is 12.0 Å². The molecular formula is C18H19NS. The second-order valence-corrected chi connectivity index (χ2v) is 7.56. The van der Waals surface area contributed by atoms with E-state index < -0.39 is 0 Å². The van der Waals surface area contributed by atoms with Gasteiger partial charge in [0.2, 0.25) is 0 Å². The van der Waals surface area contributed by atoms with E-state index in [9.17, 15) is 0 Å². The summed E-state index contributed by atoms with van der Waals surface area (Å²) in [5.74, 6) is 0. The second-order valence-electron chi connectivity index (χ2n) is 5.49. The van der Waals surface area contributed by atoms with Crippen LogP contribution in [0.5, 0.6) is 0 Å². The van der Waals surface area contributed by atoms with Gasteiger partial charge in [-0.25, -0.2) is 0 Å². The van der Waals surface area contributed by atoms with Gasteiger partial charge in [-0.3, -0.25) is 0 Å². The molecule has 0 aliphatic carbocycles. The standard InChI is InChI=1S/C18H19NS/c1-3-7-17-14(5-1)13-15-6-2-4-8-18(15)20(17)16-9-11-19-12-10-16/h1-8,19H,9-13H2. The van der Waals surface area contributed by atoms with Gasteiger partial charge in [0.05, 0.1) is 0 Å². The minimum Gasteiger partial charge on any atom is -0.316 e. The number of nitrogens with one attached hydrogen (secondary N) is 1. The highest BCUT2D eigenvalue weighted by Gasteiger charge is 2.22. The van der Waals surface area contributed by atoms with Crippen molar-refractivity contribution in [3.63, 3.8) is 0 Å². The van der Waals surface area contributed by atoms with Gasteiger partial charge in [-0.15, -0.1) is 10.5 Å². The smallest absolute Gasteiger partial charge is 0.00971 e. The zero-order valence-corrected chi connectivity index (χ0v) is 12.4. The molecule has 1 nitrogen and oxygen atoms in total. The highest BCUT2D eigenvalue weighted by molar-refractivity contribution is 8.16. The first kappa shape index (κ1) is 12.4. The van der Waals surface area contributed by atoms with E-state index in [4.69, 9.17) is 0 Å². The van der Waals surface area contributed by atoms with E-state index in [-0.39, 0.29) is 10.5 Å². The van der Waals surface area contributed by atoms with E-state index in [1.807, 2.05) is 0 Å². The van der Waals surface area contributed by atoms with Gasteiger partial charge in [-0.2, -0.15) is 0 Å². The molecule has 2 aliphatic rings. The maximum Gasteiger partial charge on any atom is 0.00971 e. The van der Waals surface area contributed by atoms with Gasteiger partial charge in [0, 0.05) is 9.79 Å². The number of hydrogen-bond acceptors (Lipinski definition) is 1. The normalized spacial score (nSPS) is 18.5. The molecule has 2 aromatic rings. The van der Waals surface area contributed by atoms with Crippen molar-refractivity contribution in [2.24, 2.45) is 0 Å². The van der Waals surface area contributed by atoms with E-state index >= 15 is 0 Å². The van der Waals surface area contributed by atoms with Crippen LogP contribution in [0, 0.1) is 0 Å². The molecule has 0 unspecified atom stereocenters. The Bertz CT molecular complexity index is 632. The third-order valence-corrected chi connectivity index (χ3v) is 6.88. The van der Waals surface area contributed by atoms with Gasteiger partial charge in [-0.1, -0.05) is 36.4 Å². The largest absolute Gasteiger partial charge is 0.316 e. The zero-order chi connectivity index (χ0) is 13.4. The third-order valence-electron chi connectivity index (χ3n) is 4.22. The van der Waals surface area contributed by atoms with Crippen LogP contribution >= 0.6 is 10.5 Å². The highest BCUT2D eigenvalue weighted by Crippen LogP contribution is 2.47. The van der Waals surface area contributed by atoms with Crippen molar-refractivity contribution in [3.05, 3.63) is 59.7 Å². The van der Waals surface area contributed by atoms with Crippen LogP contribution in [0.1, 0.15) is 24.0 Å². The van der Waals surface area contributed by atoms with E-state index in [2.05, 4.69) is 53.8 Å². The molecule has 0 spiro atoms. The molecule has 2 heteroatoms. The lowest BCUT2D eigenvalue weighted by Gasteiger charge is -2.28. The lowest BCUT2D eigenvalue weighted by atomic mass is 10.0. The first-order chi connectivity index (χ1) is 9.93. The van der Waals surface area contributed by atoms with E-state index in [0.717, 1.165) is 19.5 Å². The molecule has 4 rings (SSSR count). The fourth-order valence-corrected chi connectivity index (χ4v) is 5.95. The predicted molar refractivity (Wildman–Crippen MR) is 86.9 cm³/mol. The first-order valence-electron chi connectivity index (χ1n) is 7.39. The van der Waals surface area contributed by atoms with Crippen LogP contribution in [0.3, 0.4) is 0 Å². The van der Waals surface area contributed by atoms with Gasteiger partial charge in [0.25, 0.3) is 0 Å². The van der Waals surface area contributed by atoms with Gasteiger partial charge < -0.3 is 5.32 Å². The Kier molecular flexibility index (Phi) is 3.21. The number of rotatable bonds is 0. The third kappa shape index (κ3) is 2.04. The Hall–Kier alpha value is -1.38. The maximum atomic E-state index is 3.49. The summed E-state index contributed by atoms with van der Waals surface area (Å²) in [7, 11) is 0.196.